The average Bonchev–Trinajstić information content (AvgIpc) is 3.67. The molecule has 0 unspecified atom stereocenters. The first-order chi connectivity index (χ1) is 16.6. The lowest BCUT2D eigenvalue weighted by atomic mass is 10.0. The number of carbonyl (C=O) groups excluding carboxylic acids is 1. The lowest BCUT2D eigenvalue weighted by Gasteiger charge is -2.39. The van der Waals surface area contributed by atoms with E-state index in [1.807, 2.05) is 11.8 Å². The minimum atomic E-state index is -1.94. The molecule has 3 aliphatic rings. The van der Waals surface area contributed by atoms with Crippen LogP contribution in [0.15, 0.2) is 36.0 Å². The number of fused-ring (bicyclic) bond motifs is 2. The van der Waals surface area contributed by atoms with Gasteiger partial charge in [0.05, 0.1) is 24.9 Å². The second-order valence-electron chi connectivity index (χ2n) is 13.7. The third-order valence-corrected chi connectivity index (χ3v) is 14.7. The van der Waals surface area contributed by atoms with Crippen LogP contribution in [0.25, 0.3) is 0 Å². The van der Waals surface area contributed by atoms with Crippen molar-refractivity contribution < 1.29 is 18.7 Å². The standard InChI is InChI=1S/C29H51NO4Si2/c1-11-21(2)14-12-13-15-24-22-20-23(22)26(34-36(9,10)29(3,4)5)27-25(33-27)16-17-30(24)28(31)32-18-19-35(6,7)8/h11-15,22-27H,16-20H2,1-10H3/b14-12+,15-13+,21-11+/t22-,23+,24+,25-,26-,27-/m1/s1. The summed E-state index contributed by atoms with van der Waals surface area (Å²) in [6.45, 7) is 23.8. The summed E-state index contributed by atoms with van der Waals surface area (Å²) < 4.78 is 19.0. The molecule has 1 amide bonds. The molecule has 204 valence electrons. The van der Waals surface area contributed by atoms with Crippen LogP contribution in [0.5, 0.6) is 0 Å². The molecule has 1 saturated carbocycles. The third-order valence-electron chi connectivity index (χ3n) is 8.49. The summed E-state index contributed by atoms with van der Waals surface area (Å²) in [5.41, 5.74) is 1.22. The van der Waals surface area contributed by atoms with E-state index in [1.54, 1.807) is 0 Å². The number of allylic oxidation sites excluding steroid dienone is 5. The first-order valence-corrected chi connectivity index (χ1v) is 20.5. The van der Waals surface area contributed by atoms with Gasteiger partial charge in [0.1, 0.15) is 6.10 Å². The smallest absolute Gasteiger partial charge is 0.410 e. The fourth-order valence-electron chi connectivity index (χ4n) is 4.71. The Balaban J connectivity index is 1.82. The molecule has 6 atom stereocenters. The molecule has 2 aliphatic heterocycles. The summed E-state index contributed by atoms with van der Waals surface area (Å²) in [7, 11) is -3.21. The molecule has 36 heavy (non-hydrogen) atoms. The Bertz CT molecular complexity index is 867. The largest absolute Gasteiger partial charge is 0.450 e. The highest BCUT2D eigenvalue weighted by atomic mass is 28.4. The average molecular weight is 534 g/mol. The van der Waals surface area contributed by atoms with Gasteiger partial charge in [0, 0.05) is 14.6 Å². The Morgan fingerprint density at radius 1 is 1.11 bits per heavy atom. The molecule has 0 radical (unpaired) electrons. The molecule has 0 bridgehead atoms. The maximum absolute atomic E-state index is 13.4. The zero-order valence-electron chi connectivity index (χ0n) is 24.5. The van der Waals surface area contributed by atoms with Gasteiger partial charge in [-0.3, -0.25) is 0 Å². The lowest BCUT2D eigenvalue weighted by molar-refractivity contribution is 0.0826. The quantitative estimate of drug-likeness (QED) is 0.185. The van der Waals surface area contributed by atoms with E-state index < -0.39 is 16.4 Å². The Kier molecular flexibility index (Phi) is 9.23. The van der Waals surface area contributed by atoms with Gasteiger partial charge in [-0.1, -0.05) is 76.4 Å². The lowest BCUT2D eigenvalue weighted by Crippen LogP contribution is -2.47. The van der Waals surface area contributed by atoms with Gasteiger partial charge in [-0.05, 0) is 62.7 Å². The number of hydrogen-bond acceptors (Lipinski definition) is 4. The molecule has 3 rings (SSSR count). The summed E-state index contributed by atoms with van der Waals surface area (Å²) in [5, 5.41) is 0.154. The van der Waals surface area contributed by atoms with E-state index in [-0.39, 0.29) is 35.5 Å². The zero-order chi connectivity index (χ0) is 26.9. The van der Waals surface area contributed by atoms with E-state index in [9.17, 15) is 4.79 Å². The zero-order valence-corrected chi connectivity index (χ0v) is 26.5. The molecule has 3 fully saturated rings. The number of nitrogens with zero attached hydrogens (tertiary/aromatic N) is 1. The van der Waals surface area contributed by atoms with Crippen LogP contribution in [0.2, 0.25) is 43.8 Å². The van der Waals surface area contributed by atoms with E-state index >= 15 is 0 Å². The van der Waals surface area contributed by atoms with Gasteiger partial charge in [0.2, 0.25) is 0 Å². The topological polar surface area (TPSA) is 51.3 Å². The van der Waals surface area contributed by atoms with Crippen molar-refractivity contribution in [2.75, 3.05) is 13.2 Å². The number of epoxide rings is 1. The van der Waals surface area contributed by atoms with Gasteiger partial charge in [-0.15, -0.1) is 0 Å². The van der Waals surface area contributed by atoms with Gasteiger partial charge in [-0.2, -0.15) is 0 Å². The first kappa shape index (κ1) is 29.4. The fourth-order valence-corrected chi connectivity index (χ4v) is 6.77. The van der Waals surface area contributed by atoms with Crippen LogP contribution in [0.3, 0.4) is 0 Å². The third kappa shape index (κ3) is 7.68. The van der Waals surface area contributed by atoms with Gasteiger partial charge in [0.15, 0.2) is 8.32 Å². The van der Waals surface area contributed by atoms with Crippen LogP contribution in [0.4, 0.5) is 4.79 Å². The molecule has 2 heterocycles. The van der Waals surface area contributed by atoms with Crippen molar-refractivity contribution in [3.63, 3.8) is 0 Å². The maximum Gasteiger partial charge on any atom is 0.410 e. The van der Waals surface area contributed by atoms with Gasteiger partial charge in [0.25, 0.3) is 0 Å². The molecular weight excluding hydrogens is 482 g/mol. The highest BCUT2D eigenvalue weighted by molar-refractivity contribution is 6.76. The monoisotopic (exact) mass is 533 g/mol. The van der Waals surface area contributed by atoms with Crippen molar-refractivity contribution in [2.24, 2.45) is 11.8 Å². The van der Waals surface area contributed by atoms with Gasteiger partial charge < -0.3 is 18.8 Å². The SMILES string of the molecule is C/C=C(C)/C=C/C=C/[C@H]1[C@@H]2C[C@@H]2[C@@H](O[Si](C)(C)C(C)(C)C)[C@@H]2O[C@@H]2CCN1C(=O)OCC[Si](C)(C)C. The van der Waals surface area contributed by atoms with Crippen molar-refractivity contribution in [1.82, 2.24) is 4.90 Å². The van der Waals surface area contributed by atoms with E-state index in [2.05, 4.69) is 90.8 Å². The molecule has 7 heteroatoms. The normalized spacial score (nSPS) is 31.5. The van der Waals surface area contributed by atoms with Crippen LogP contribution in [0, 0.1) is 11.8 Å². The second kappa shape index (κ2) is 11.3. The molecule has 1 aliphatic carbocycles. The highest BCUT2D eigenvalue weighted by Gasteiger charge is 2.60. The van der Waals surface area contributed by atoms with Crippen LogP contribution >= 0.6 is 0 Å². The van der Waals surface area contributed by atoms with Crippen molar-refractivity contribution in [3.8, 4) is 0 Å². The maximum atomic E-state index is 13.4. The minimum Gasteiger partial charge on any atom is -0.450 e. The molecule has 5 nitrogen and oxygen atoms in total. The van der Waals surface area contributed by atoms with Crippen molar-refractivity contribution in [2.45, 2.75) is 116 Å². The fraction of sp³-hybridized carbons (Fsp3) is 0.759. The molecule has 0 aromatic heterocycles. The molecule has 0 aromatic carbocycles. The van der Waals surface area contributed by atoms with Crippen molar-refractivity contribution >= 4 is 22.5 Å². The molecule has 0 spiro atoms. The van der Waals surface area contributed by atoms with E-state index in [0.29, 0.717) is 25.0 Å². The number of ether oxygens (including phenoxy) is 2. The summed E-state index contributed by atoms with van der Waals surface area (Å²) >= 11 is 0. The number of hydrogen-bond donors (Lipinski definition) is 0. The number of carbonyl (C=O) groups is 1. The van der Waals surface area contributed by atoms with E-state index in [1.165, 1.54) is 5.57 Å². The Morgan fingerprint density at radius 3 is 2.42 bits per heavy atom. The summed E-state index contributed by atoms with van der Waals surface area (Å²) in [6, 6.07) is 1.01. The number of amides is 1. The highest BCUT2D eigenvalue weighted by Crippen LogP contribution is 2.54. The Labute approximate surface area is 222 Å². The summed E-state index contributed by atoms with van der Waals surface area (Å²) in [4.78, 5) is 15.4. The van der Waals surface area contributed by atoms with Crippen LogP contribution in [0.1, 0.15) is 47.5 Å². The van der Waals surface area contributed by atoms with E-state index in [0.717, 1.165) is 18.9 Å². The molecule has 2 saturated heterocycles. The van der Waals surface area contributed by atoms with Gasteiger partial charge in [-0.25, -0.2) is 4.79 Å². The molecular formula is C29H51NO4Si2. The second-order valence-corrected chi connectivity index (χ2v) is 24.1. The van der Waals surface area contributed by atoms with Crippen molar-refractivity contribution in [3.05, 3.63) is 36.0 Å². The van der Waals surface area contributed by atoms with E-state index in [4.69, 9.17) is 13.9 Å². The molecule has 0 N–H and O–H groups in total. The minimum absolute atomic E-state index is 0.0213. The van der Waals surface area contributed by atoms with Crippen molar-refractivity contribution in [1.29, 1.82) is 0 Å². The Morgan fingerprint density at radius 2 is 1.81 bits per heavy atom. The summed E-state index contributed by atoms with van der Waals surface area (Å²) in [6.07, 6.45) is 12.8. The predicted octanol–water partition coefficient (Wildman–Crippen LogP) is 7.41. The summed E-state index contributed by atoms with van der Waals surface area (Å²) in [5.74, 6) is 0.792. The van der Waals surface area contributed by atoms with Gasteiger partial charge >= 0.3 is 6.09 Å². The van der Waals surface area contributed by atoms with Crippen LogP contribution in [-0.4, -0.2) is 64.9 Å². The first-order valence-electron chi connectivity index (χ1n) is 13.9. The number of rotatable bonds is 8. The van der Waals surface area contributed by atoms with Crippen LogP contribution < -0.4 is 0 Å². The predicted molar refractivity (Wildman–Crippen MR) is 155 cm³/mol. The molecule has 0 aromatic rings. The Hall–Kier alpha value is -1.16. The van der Waals surface area contributed by atoms with Crippen LogP contribution in [-0.2, 0) is 13.9 Å².